The quantitative estimate of drug-likeness (QED) is 0.726. The van der Waals surface area contributed by atoms with Crippen LogP contribution in [0, 0.1) is 6.92 Å². The van der Waals surface area contributed by atoms with E-state index in [9.17, 15) is 0 Å². The number of ether oxygens (including phenoxy) is 1. The second-order valence-electron chi connectivity index (χ2n) is 2.49. The Morgan fingerprint density at radius 2 is 2.25 bits per heavy atom. The molecule has 0 aliphatic rings. The minimum Gasteiger partial charge on any atom is -0.384 e. The van der Waals surface area contributed by atoms with Crippen molar-refractivity contribution in [3.05, 3.63) is 17.6 Å². The van der Waals surface area contributed by atoms with Crippen molar-refractivity contribution in [2.24, 2.45) is 0 Å². The van der Waals surface area contributed by atoms with E-state index >= 15 is 0 Å². The zero-order valence-corrected chi connectivity index (χ0v) is 7.37. The van der Waals surface area contributed by atoms with Crippen molar-refractivity contribution in [2.75, 3.05) is 12.3 Å². The lowest BCUT2D eigenvalue weighted by molar-refractivity contribution is 0.128. The summed E-state index contributed by atoms with van der Waals surface area (Å²) in [6, 6.07) is 1.73. The lowest BCUT2D eigenvalue weighted by Gasteiger charge is -2.02. The van der Waals surface area contributed by atoms with Crippen LogP contribution in [0.25, 0.3) is 0 Å². The fourth-order valence-corrected chi connectivity index (χ4v) is 0.914. The molecule has 0 aromatic carbocycles. The third kappa shape index (κ3) is 2.47. The molecule has 1 rings (SSSR count). The lowest BCUT2D eigenvalue weighted by atomic mass is 10.4. The number of nitrogen functional groups attached to an aromatic ring is 1. The topological polar surface area (TPSA) is 61.0 Å². The van der Waals surface area contributed by atoms with Crippen molar-refractivity contribution in [1.82, 2.24) is 9.97 Å². The first-order chi connectivity index (χ1) is 5.72. The molecule has 4 heteroatoms. The summed E-state index contributed by atoms with van der Waals surface area (Å²) in [5.74, 6) is 1.14. The SMILES string of the molecule is CCOCc1nc(C)cc(N)n1. The smallest absolute Gasteiger partial charge is 0.156 e. The van der Waals surface area contributed by atoms with Gasteiger partial charge in [0.05, 0.1) is 0 Å². The van der Waals surface area contributed by atoms with Gasteiger partial charge in [-0.1, -0.05) is 0 Å². The first-order valence-corrected chi connectivity index (χ1v) is 3.90. The Labute approximate surface area is 71.8 Å². The summed E-state index contributed by atoms with van der Waals surface area (Å²) in [7, 11) is 0. The molecule has 0 amide bonds. The first-order valence-electron chi connectivity index (χ1n) is 3.90. The molecule has 0 atom stereocenters. The number of nitrogens with zero attached hydrogens (tertiary/aromatic N) is 2. The van der Waals surface area contributed by atoms with Gasteiger partial charge in [0.25, 0.3) is 0 Å². The third-order valence-electron chi connectivity index (χ3n) is 1.36. The maximum atomic E-state index is 5.52. The molecule has 1 aromatic heterocycles. The van der Waals surface area contributed by atoms with Gasteiger partial charge in [-0.3, -0.25) is 0 Å². The normalized spacial score (nSPS) is 10.2. The van der Waals surface area contributed by atoms with E-state index in [1.807, 2.05) is 13.8 Å². The highest BCUT2D eigenvalue weighted by atomic mass is 16.5. The predicted octanol–water partition coefficient (Wildman–Crippen LogP) is 0.904. The second kappa shape index (κ2) is 4.01. The summed E-state index contributed by atoms with van der Waals surface area (Å²) < 4.78 is 5.15. The van der Waals surface area contributed by atoms with Crippen molar-refractivity contribution < 1.29 is 4.74 Å². The molecule has 0 unspecified atom stereocenters. The molecule has 0 radical (unpaired) electrons. The van der Waals surface area contributed by atoms with Crippen molar-refractivity contribution in [2.45, 2.75) is 20.5 Å². The van der Waals surface area contributed by atoms with Crippen LogP contribution in [0.3, 0.4) is 0 Å². The zero-order valence-electron chi connectivity index (χ0n) is 7.37. The molecule has 0 spiro atoms. The number of aryl methyl sites for hydroxylation is 1. The molecule has 0 fully saturated rings. The van der Waals surface area contributed by atoms with Gasteiger partial charge in [0.15, 0.2) is 5.82 Å². The largest absolute Gasteiger partial charge is 0.384 e. The lowest BCUT2D eigenvalue weighted by Crippen LogP contribution is -2.03. The van der Waals surface area contributed by atoms with Crippen molar-refractivity contribution in [3.63, 3.8) is 0 Å². The number of aromatic nitrogens is 2. The molecule has 66 valence electrons. The number of nitrogens with two attached hydrogens (primary N) is 1. The molecular weight excluding hydrogens is 154 g/mol. The molecule has 0 aliphatic carbocycles. The highest BCUT2D eigenvalue weighted by Crippen LogP contribution is 2.02. The zero-order chi connectivity index (χ0) is 8.97. The molecule has 0 saturated carbocycles. The van der Waals surface area contributed by atoms with Gasteiger partial charge in [-0.15, -0.1) is 0 Å². The molecule has 12 heavy (non-hydrogen) atoms. The van der Waals surface area contributed by atoms with E-state index in [2.05, 4.69) is 9.97 Å². The van der Waals surface area contributed by atoms with E-state index in [4.69, 9.17) is 10.5 Å². The number of anilines is 1. The molecule has 2 N–H and O–H groups in total. The Hall–Kier alpha value is -1.16. The highest BCUT2D eigenvalue weighted by Gasteiger charge is 1.98. The van der Waals surface area contributed by atoms with Crippen LogP contribution in [0.5, 0.6) is 0 Å². The van der Waals surface area contributed by atoms with Crippen molar-refractivity contribution in [1.29, 1.82) is 0 Å². The van der Waals surface area contributed by atoms with Gasteiger partial charge in [0.1, 0.15) is 12.4 Å². The Kier molecular flexibility index (Phi) is 2.99. The molecule has 1 aromatic rings. The van der Waals surface area contributed by atoms with E-state index in [1.54, 1.807) is 6.07 Å². The summed E-state index contributed by atoms with van der Waals surface area (Å²) in [6.07, 6.45) is 0. The fourth-order valence-electron chi connectivity index (χ4n) is 0.914. The fraction of sp³-hybridized carbons (Fsp3) is 0.500. The van der Waals surface area contributed by atoms with E-state index in [0.717, 1.165) is 5.69 Å². The molecular formula is C8H13N3O. The summed E-state index contributed by atoms with van der Waals surface area (Å²) >= 11 is 0. The van der Waals surface area contributed by atoms with Crippen LogP contribution in [0.4, 0.5) is 5.82 Å². The van der Waals surface area contributed by atoms with Gasteiger partial charge in [-0.05, 0) is 13.8 Å². The van der Waals surface area contributed by atoms with Crippen LogP contribution < -0.4 is 5.73 Å². The van der Waals surface area contributed by atoms with Gasteiger partial charge < -0.3 is 10.5 Å². The van der Waals surface area contributed by atoms with Crippen molar-refractivity contribution >= 4 is 5.82 Å². The van der Waals surface area contributed by atoms with Gasteiger partial charge >= 0.3 is 0 Å². The van der Waals surface area contributed by atoms with Crippen LogP contribution in [0.1, 0.15) is 18.4 Å². The van der Waals surface area contributed by atoms with Gasteiger partial charge in [0, 0.05) is 18.4 Å². The van der Waals surface area contributed by atoms with E-state index in [-0.39, 0.29) is 0 Å². The maximum absolute atomic E-state index is 5.52. The second-order valence-corrected chi connectivity index (χ2v) is 2.49. The number of hydrogen-bond donors (Lipinski definition) is 1. The average Bonchev–Trinajstić information content (AvgIpc) is 1.99. The maximum Gasteiger partial charge on any atom is 0.156 e. The highest BCUT2D eigenvalue weighted by molar-refractivity contribution is 5.28. The number of rotatable bonds is 3. The molecule has 1 heterocycles. The summed E-state index contributed by atoms with van der Waals surface area (Å²) in [5, 5.41) is 0. The minimum atomic E-state index is 0.433. The van der Waals surface area contributed by atoms with Crippen LogP contribution >= 0.6 is 0 Å². The van der Waals surface area contributed by atoms with E-state index in [0.29, 0.717) is 24.9 Å². The van der Waals surface area contributed by atoms with Crippen LogP contribution in [-0.2, 0) is 11.3 Å². The first kappa shape index (κ1) is 8.93. The Morgan fingerprint density at radius 1 is 1.50 bits per heavy atom. The summed E-state index contributed by atoms with van der Waals surface area (Å²) in [5.41, 5.74) is 6.40. The third-order valence-corrected chi connectivity index (χ3v) is 1.36. The van der Waals surface area contributed by atoms with Gasteiger partial charge in [-0.2, -0.15) is 0 Å². The Balaban J connectivity index is 2.72. The number of hydrogen-bond acceptors (Lipinski definition) is 4. The van der Waals surface area contributed by atoms with Crippen LogP contribution in [0.15, 0.2) is 6.07 Å². The van der Waals surface area contributed by atoms with Crippen LogP contribution in [-0.4, -0.2) is 16.6 Å². The Morgan fingerprint density at radius 3 is 2.83 bits per heavy atom. The molecule has 0 saturated heterocycles. The summed E-state index contributed by atoms with van der Waals surface area (Å²) in [6.45, 7) is 4.91. The predicted molar refractivity (Wildman–Crippen MR) is 46.5 cm³/mol. The van der Waals surface area contributed by atoms with Gasteiger partial charge in [-0.25, -0.2) is 9.97 Å². The van der Waals surface area contributed by atoms with E-state index < -0.39 is 0 Å². The average molecular weight is 167 g/mol. The van der Waals surface area contributed by atoms with Gasteiger partial charge in [0.2, 0.25) is 0 Å². The Bertz CT molecular complexity index is 242. The monoisotopic (exact) mass is 167 g/mol. The standard InChI is InChI=1S/C8H13N3O/c1-3-12-5-8-10-6(2)4-7(9)11-8/h4H,3,5H2,1-2H3,(H2,9,10,11). The molecule has 4 nitrogen and oxygen atoms in total. The van der Waals surface area contributed by atoms with Crippen molar-refractivity contribution in [3.8, 4) is 0 Å². The molecule has 0 bridgehead atoms. The summed E-state index contributed by atoms with van der Waals surface area (Å²) in [4.78, 5) is 8.17. The van der Waals surface area contributed by atoms with E-state index in [1.165, 1.54) is 0 Å². The molecule has 0 aliphatic heterocycles. The van der Waals surface area contributed by atoms with Crippen LogP contribution in [0.2, 0.25) is 0 Å². The minimum absolute atomic E-state index is 0.433.